The summed E-state index contributed by atoms with van der Waals surface area (Å²) in [6.45, 7) is 1.82. The zero-order valence-electron chi connectivity index (χ0n) is 13.7. The van der Waals surface area contributed by atoms with E-state index in [1.54, 1.807) is 35.8 Å². The molecule has 0 atom stereocenters. The Bertz CT molecular complexity index is 1090. The van der Waals surface area contributed by atoms with Crippen LogP contribution < -0.4 is 0 Å². The van der Waals surface area contributed by atoms with Crippen LogP contribution in [0.15, 0.2) is 52.5 Å². The Kier molecular flexibility index (Phi) is 4.22. The van der Waals surface area contributed by atoms with Crippen LogP contribution in [0.1, 0.15) is 21.6 Å². The predicted octanol–water partition coefficient (Wildman–Crippen LogP) is 4.76. The van der Waals surface area contributed by atoms with Gasteiger partial charge >= 0.3 is 5.97 Å². The van der Waals surface area contributed by atoms with E-state index in [1.807, 2.05) is 6.92 Å². The summed E-state index contributed by atoms with van der Waals surface area (Å²) in [6, 6.07) is 11.2. The van der Waals surface area contributed by atoms with Crippen molar-refractivity contribution in [3.63, 3.8) is 0 Å². The van der Waals surface area contributed by atoms with Crippen LogP contribution in [0.4, 0.5) is 4.39 Å². The summed E-state index contributed by atoms with van der Waals surface area (Å²) in [5.74, 6) is -0.230. The highest BCUT2D eigenvalue weighted by molar-refractivity contribution is 7.16. The summed E-state index contributed by atoms with van der Waals surface area (Å²) in [5, 5.41) is 3.97. The molecule has 2 aromatic heterocycles. The highest BCUT2D eigenvalue weighted by Gasteiger charge is 2.16. The minimum Gasteiger partial charge on any atom is -0.455 e. The molecule has 2 aromatic carbocycles. The van der Waals surface area contributed by atoms with Crippen molar-refractivity contribution in [1.29, 1.82) is 0 Å². The molecule has 0 saturated carbocycles. The first-order valence-electron chi connectivity index (χ1n) is 7.83. The Hall–Kier alpha value is -3.06. The van der Waals surface area contributed by atoms with E-state index >= 15 is 0 Å². The lowest BCUT2D eigenvalue weighted by Crippen LogP contribution is -2.06. The first-order valence-corrected chi connectivity index (χ1v) is 8.71. The highest BCUT2D eigenvalue weighted by Crippen LogP contribution is 2.26. The minimum atomic E-state index is -0.439. The van der Waals surface area contributed by atoms with E-state index in [2.05, 4.69) is 10.1 Å². The van der Waals surface area contributed by atoms with Crippen LogP contribution in [0.2, 0.25) is 0 Å². The molecule has 0 saturated heterocycles. The number of fused-ring (bicyclic) bond motifs is 1. The van der Waals surface area contributed by atoms with Crippen LogP contribution in [0.3, 0.4) is 0 Å². The van der Waals surface area contributed by atoms with Crippen molar-refractivity contribution in [1.82, 2.24) is 10.1 Å². The molecule has 0 amide bonds. The number of nitrogens with zero attached hydrogens (tertiary/aromatic N) is 2. The standard InChI is InChI=1S/C19H13FN2O3S/c1-11-16(22-25-18(11)12-2-5-14(20)6-3-12)9-24-19(23)13-4-7-15-17(8-13)26-10-21-15/h2-8,10H,9H2,1H3. The second kappa shape index (κ2) is 6.68. The molecule has 0 spiro atoms. The summed E-state index contributed by atoms with van der Waals surface area (Å²) >= 11 is 1.46. The van der Waals surface area contributed by atoms with Gasteiger partial charge in [0.1, 0.15) is 18.1 Å². The summed E-state index contributed by atoms with van der Waals surface area (Å²) in [4.78, 5) is 16.5. The predicted molar refractivity (Wildman–Crippen MR) is 95.4 cm³/mol. The average molecular weight is 368 g/mol. The molecule has 0 unspecified atom stereocenters. The monoisotopic (exact) mass is 368 g/mol. The number of ether oxygens (including phenoxy) is 1. The van der Waals surface area contributed by atoms with Gasteiger partial charge < -0.3 is 9.26 Å². The number of carbonyl (C=O) groups excluding carboxylic acids is 1. The van der Waals surface area contributed by atoms with Crippen LogP contribution in [0.25, 0.3) is 21.5 Å². The summed E-state index contributed by atoms with van der Waals surface area (Å²) in [6.07, 6.45) is 0. The van der Waals surface area contributed by atoms with Crippen molar-refractivity contribution in [2.45, 2.75) is 13.5 Å². The van der Waals surface area contributed by atoms with E-state index in [4.69, 9.17) is 9.26 Å². The average Bonchev–Trinajstić information content (AvgIpc) is 3.26. The van der Waals surface area contributed by atoms with Crippen molar-refractivity contribution >= 4 is 27.5 Å². The summed E-state index contributed by atoms with van der Waals surface area (Å²) < 4.78 is 24.7. The number of hydrogen-bond donors (Lipinski definition) is 0. The number of aromatic nitrogens is 2. The Balaban J connectivity index is 1.49. The molecular formula is C19H13FN2O3S. The Morgan fingerprint density at radius 1 is 1.23 bits per heavy atom. The molecule has 130 valence electrons. The van der Waals surface area contributed by atoms with E-state index in [0.717, 1.165) is 15.8 Å². The van der Waals surface area contributed by atoms with Gasteiger partial charge in [0.25, 0.3) is 0 Å². The van der Waals surface area contributed by atoms with Gasteiger partial charge in [-0.25, -0.2) is 14.2 Å². The van der Waals surface area contributed by atoms with Crippen LogP contribution in [-0.2, 0) is 11.3 Å². The molecule has 0 N–H and O–H groups in total. The number of esters is 1. The third kappa shape index (κ3) is 3.09. The fourth-order valence-corrected chi connectivity index (χ4v) is 3.29. The van der Waals surface area contributed by atoms with E-state index in [-0.39, 0.29) is 12.4 Å². The number of benzene rings is 2. The second-order valence-electron chi connectivity index (χ2n) is 5.70. The molecule has 0 aliphatic rings. The van der Waals surface area contributed by atoms with Gasteiger partial charge in [0, 0.05) is 11.1 Å². The van der Waals surface area contributed by atoms with Crippen LogP contribution in [0.5, 0.6) is 0 Å². The third-order valence-electron chi connectivity index (χ3n) is 4.03. The molecule has 2 heterocycles. The van der Waals surface area contributed by atoms with Crippen molar-refractivity contribution < 1.29 is 18.4 Å². The minimum absolute atomic E-state index is 0.00388. The third-order valence-corrected chi connectivity index (χ3v) is 4.83. The van der Waals surface area contributed by atoms with Crippen LogP contribution in [-0.4, -0.2) is 16.1 Å². The molecule has 0 aliphatic carbocycles. The summed E-state index contributed by atoms with van der Waals surface area (Å²) in [5.41, 5.74) is 5.03. The van der Waals surface area contributed by atoms with E-state index in [0.29, 0.717) is 22.6 Å². The number of thiazole rings is 1. The topological polar surface area (TPSA) is 65.2 Å². The molecule has 4 rings (SSSR count). The SMILES string of the molecule is Cc1c(COC(=O)c2ccc3ncsc3c2)noc1-c1ccc(F)cc1. The van der Waals surface area contributed by atoms with Crippen molar-refractivity contribution in [3.05, 3.63) is 70.6 Å². The lowest BCUT2D eigenvalue weighted by molar-refractivity contribution is 0.0464. The first kappa shape index (κ1) is 16.4. The van der Waals surface area contributed by atoms with Gasteiger partial charge in [0.2, 0.25) is 0 Å². The highest BCUT2D eigenvalue weighted by atomic mass is 32.1. The van der Waals surface area contributed by atoms with Gasteiger partial charge in [-0.3, -0.25) is 0 Å². The van der Waals surface area contributed by atoms with Crippen LogP contribution >= 0.6 is 11.3 Å². The van der Waals surface area contributed by atoms with Crippen LogP contribution in [0, 0.1) is 12.7 Å². The van der Waals surface area contributed by atoms with Gasteiger partial charge in [-0.2, -0.15) is 0 Å². The molecular weight excluding hydrogens is 355 g/mol. The molecule has 0 aliphatic heterocycles. The fraction of sp³-hybridized carbons (Fsp3) is 0.105. The maximum Gasteiger partial charge on any atom is 0.338 e. The number of halogens is 1. The Morgan fingerprint density at radius 2 is 2.04 bits per heavy atom. The molecule has 7 heteroatoms. The van der Waals surface area contributed by atoms with Gasteiger partial charge in [-0.15, -0.1) is 11.3 Å². The molecule has 26 heavy (non-hydrogen) atoms. The Morgan fingerprint density at radius 3 is 2.85 bits per heavy atom. The normalized spacial score (nSPS) is 11.0. The molecule has 0 radical (unpaired) electrons. The molecule has 0 fully saturated rings. The Labute approximate surface area is 152 Å². The summed E-state index contributed by atoms with van der Waals surface area (Å²) in [7, 11) is 0. The number of carbonyl (C=O) groups is 1. The lowest BCUT2D eigenvalue weighted by atomic mass is 10.1. The second-order valence-corrected chi connectivity index (χ2v) is 6.59. The largest absolute Gasteiger partial charge is 0.455 e. The number of rotatable bonds is 4. The van der Waals surface area contributed by atoms with Crippen molar-refractivity contribution in [3.8, 4) is 11.3 Å². The fourth-order valence-electron chi connectivity index (χ4n) is 2.57. The van der Waals surface area contributed by atoms with E-state index in [9.17, 15) is 9.18 Å². The van der Waals surface area contributed by atoms with Gasteiger partial charge in [-0.05, 0) is 49.4 Å². The van der Waals surface area contributed by atoms with Crippen molar-refractivity contribution in [2.24, 2.45) is 0 Å². The maximum absolute atomic E-state index is 13.0. The smallest absolute Gasteiger partial charge is 0.338 e. The maximum atomic E-state index is 13.0. The first-order chi connectivity index (χ1) is 12.6. The van der Waals surface area contributed by atoms with Gasteiger partial charge in [-0.1, -0.05) is 5.16 Å². The zero-order valence-corrected chi connectivity index (χ0v) is 14.5. The lowest BCUT2D eigenvalue weighted by Gasteiger charge is -2.03. The molecule has 0 bridgehead atoms. The quantitative estimate of drug-likeness (QED) is 0.486. The van der Waals surface area contributed by atoms with Gasteiger partial charge in [0.05, 0.1) is 21.3 Å². The van der Waals surface area contributed by atoms with Gasteiger partial charge in [0.15, 0.2) is 5.76 Å². The van der Waals surface area contributed by atoms with E-state index < -0.39 is 5.97 Å². The molecule has 4 aromatic rings. The number of hydrogen-bond acceptors (Lipinski definition) is 6. The molecule has 5 nitrogen and oxygen atoms in total. The zero-order chi connectivity index (χ0) is 18.1. The van der Waals surface area contributed by atoms with Crippen molar-refractivity contribution in [2.75, 3.05) is 0 Å². The van der Waals surface area contributed by atoms with E-state index in [1.165, 1.54) is 23.5 Å².